The molecule has 0 unspecified atom stereocenters. The summed E-state index contributed by atoms with van der Waals surface area (Å²) >= 11 is 0.722. The number of carboxylic acids is 1. The van der Waals surface area contributed by atoms with E-state index < -0.39 is 21.6 Å². The molecule has 8 heteroatoms. The van der Waals surface area contributed by atoms with Gasteiger partial charge in [-0.1, -0.05) is 0 Å². The van der Waals surface area contributed by atoms with Crippen LogP contribution in [0.2, 0.25) is 0 Å². The summed E-state index contributed by atoms with van der Waals surface area (Å²) in [5.74, 6) is -2.12. The molecule has 1 aromatic heterocycles. The van der Waals surface area contributed by atoms with Crippen molar-refractivity contribution >= 4 is 23.0 Å². The SMILES string of the molecule is CCOc1ccc(-c2cc(F)c(C(=O)O)s2)cc1[N+](=O)[O-]. The summed E-state index contributed by atoms with van der Waals surface area (Å²) in [4.78, 5) is 21.1. The maximum atomic E-state index is 13.5. The van der Waals surface area contributed by atoms with Crippen molar-refractivity contribution in [3.8, 4) is 16.2 Å². The number of rotatable bonds is 5. The summed E-state index contributed by atoms with van der Waals surface area (Å²) in [5, 5.41) is 19.8. The van der Waals surface area contributed by atoms with Gasteiger partial charge in [0.2, 0.25) is 0 Å². The molecule has 0 atom stereocenters. The molecule has 2 aromatic rings. The van der Waals surface area contributed by atoms with Crippen LogP contribution in [-0.2, 0) is 0 Å². The molecule has 6 nitrogen and oxygen atoms in total. The lowest BCUT2D eigenvalue weighted by Crippen LogP contribution is -1.97. The summed E-state index contributed by atoms with van der Waals surface area (Å²) in [6, 6.07) is 5.22. The maximum absolute atomic E-state index is 13.5. The number of carbonyl (C=O) groups is 1. The highest BCUT2D eigenvalue weighted by Crippen LogP contribution is 2.36. The quantitative estimate of drug-likeness (QED) is 0.673. The standard InChI is InChI=1S/C13H10FNO5S/c1-2-20-10-4-3-7(5-9(10)15(18)19)11-6-8(14)12(21-11)13(16)17/h3-6H,2H2,1H3,(H,16,17). The third-order valence-electron chi connectivity index (χ3n) is 2.62. The largest absolute Gasteiger partial charge is 0.487 e. The van der Waals surface area contributed by atoms with Crippen molar-refractivity contribution in [3.05, 3.63) is 45.1 Å². The Morgan fingerprint density at radius 1 is 1.48 bits per heavy atom. The highest BCUT2D eigenvalue weighted by molar-refractivity contribution is 7.17. The van der Waals surface area contributed by atoms with Gasteiger partial charge < -0.3 is 9.84 Å². The summed E-state index contributed by atoms with van der Waals surface area (Å²) in [5.41, 5.74) is 0.113. The number of nitro benzene ring substituents is 1. The zero-order valence-corrected chi connectivity index (χ0v) is 11.6. The van der Waals surface area contributed by atoms with Crippen LogP contribution in [0.1, 0.15) is 16.6 Å². The van der Waals surface area contributed by atoms with Crippen molar-refractivity contribution in [3.63, 3.8) is 0 Å². The Bertz CT molecular complexity index is 713. The van der Waals surface area contributed by atoms with E-state index in [1.807, 2.05) is 0 Å². The van der Waals surface area contributed by atoms with Crippen molar-refractivity contribution in [1.29, 1.82) is 0 Å². The number of hydrogen-bond donors (Lipinski definition) is 1. The molecule has 0 fully saturated rings. The maximum Gasteiger partial charge on any atom is 0.348 e. The molecule has 0 aliphatic rings. The van der Waals surface area contributed by atoms with E-state index in [2.05, 4.69) is 0 Å². The van der Waals surface area contributed by atoms with E-state index >= 15 is 0 Å². The number of hydrogen-bond acceptors (Lipinski definition) is 5. The molecule has 0 aliphatic carbocycles. The zero-order valence-electron chi connectivity index (χ0n) is 10.8. The molecule has 0 spiro atoms. The second-order valence-corrected chi connectivity index (χ2v) is 5.02. The average Bonchev–Trinajstić information content (AvgIpc) is 2.81. The van der Waals surface area contributed by atoms with Crippen LogP contribution < -0.4 is 4.74 Å². The van der Waals surface area contributed by atoms with Crippen LogP contribution in [0, 0.1) is 15.9 Å². The molecular weight excluding hydrogens is 301 g/mol. The number of benzene rings is 1. The van der Waals surface area contributed by atoms with Gasteiger partial charge >= 0.3 is 11.7 Å². The van der Waals surface area contributed by atoms with Crippen LogP contribution in [0.3, 0.4) is 0 Å². The monoisotopic (exact) mass is 311 g/mol. The second kappa shape index (κ2) is 5.88. The predicted octanol–water partition coefficient (Wildman–Crippen LogP) is 3.56. The zero-order chi connectivity index (χ0) is 15.6. The highest BCUT2D eigenvalue weighted by atomic mass is 32.1. The smallest absolute Gasteiger partial charge is 0.348 e. The van der Waals surface area contributed by atoms with Crippen LogP contribution >= 0.6 is 11.3 Å². The van der Waals surface area contributed by atoms with Crippen molar-refractivity contribution in [2.24, 2.45) is 0 Å². The lowest BCUT2D eigenvalue weighted by Gasteiger charge is -2.05. The van der Waals surface area contributed by atoms with E-state index in [9.17, 15) is 19.3 Å². The normalized spacial score (nSPS) is 10.4. The summed E-state index contributed by atoms with van der Waals surface area (Å²) < 4.78 is 18.6. The third-order valence-corrected chi connectivity index (χ3v) is 3.77. The molecule has 0 aliphatic heterocycles. The van der Waals surface area contributed by atoms with Crippen molar-refractivity contribution in [2.45, 2.75) is 6.92 Å². The Kier molecular flexibility index (Phi) is 4.18. The van der Waals surface area contributed by atoms with E-state index in [1.54, 1.807) is 6.92 Å². The van der Waals surface area contributed by atoms with Crippen LogP contribution in [0.25, 0.3) is 10.4 Å². The van der Waals surface area contributed by atoms with Crippen LogP contribution in [0.15, 0.2) is 24.3 Å². The van der Waals surface area contributed by atoms with E-state index in [-0.39, 0.29) is 18.0 Å². The second-order valence-electron chi connectivity index (χ2n) is 3.97. The van der Waals surface area contributed by atoms with Gasteiger partial charge in [0.15, 0.2) is 5.75 Å². The van der Waals surface area contributed by atoms with Crippen molar-refractivity contribution < 1.29 is 24.0 Å². The molecule has 1 N–H and O–H groups in total. The number of nitrogens with zero attached hydrogens (tertiary/aromatic N) is 1. The van der Waals surface area contributed by atoms with E-state index in [4.69, 9.17) is 9.84 Å². The van der Waals surface area contributed by atoms with Gasteiger partial charge in [0.25, 0.3) is 0 Å². The Morgan fingerprint density at radius 2 is 2.19 bits per heavy atom. The van der Waals surface area contributed by atoms with Gasteiger partial charge in [0, 0.05) is 10.9 Å². The molecule has 0 saturated carbocycles. The fourth-order valence-electron chi connectivity index (χ4n) is 1.75. The van der Waals surface area contributed by atoms with Crippen molar-refractivity contribution in [1.82, 2.24) is 0 Å². The van der Waals surface area contributed by atoms with Crippen LogP contribution in [0.4, 0.5) is 10.1 Å². The number of thiophene rings is 1. The van der Waals surface area contributed by atoms with Gasteiger partial charge in [-0.3, -0.25) is 10.1 Å². The average molecular weight is 311 g/mol. The molecule has 1 heterocycles. The Balaban J connectivity index is 2.50. The molecule has 2 rings (SSSR count). The van der Waals surface area contributed by atoms with Gasteiger partial charge in [0.1, 0.15) is 10.7 Å². The molecular formula is C13H10FNO5S. The Hall–Kier alpha value is -2.48. The number of aromatic carboxylic acids is 1. The minimum Gasteiger partial charge on any atom is -0.487 e. The minimum absolute atomic E-state index is 0.113. The first-order chi connectivity index (χ1) is 9.93. The topological polar surface area (TPSA) is 89.7 Å². The number of carboxylic acid groups (broad SMARTS) is 1. The van der Waals surface area contributed by atoms with Gasteiger partial charge in [-0.05, 0) is 30.7 Å². The first-order valence-electron chi connectivity index (χ1n) is 5.88. The first-order valence-corrected chi connectivity index (χ1v) is 6.70. The van der Waals surface area contributed by atoms with E-state index in [0.29, 0.717) is 10.4 Å². The van der Waals surface area contributed by atoms with Gasteiger partial charge in [0.05, 0.1) is 11.5 Å². The molecule has 21 heavy (non-hydrogen) atoms. The van der Waals surface area contributed by atoms with Gasteiger partial charge in [-0.2, -0.15) is 0 Å². The van der Waals surface area contributed by atoms with E-state index in [1.165, 1.54) is 18.2 Å². The fourth-order valence-corrected chi connectivity index (χ4v) is 2.62. The molecule has 0 amide bonds. The van der Waals surface area contributed by atoms with Gasteiger partial charge in [-0.25, -0.2) is 9.18 Å². The lowest BCUT2D eigenvalue weighted by molar-refractivity contribution is -0.385. The van der Waals surface area contributed by atoms with E-state index in [0.717, 1.165) is 17.4 Å². The first kappa shape index (κ1) is 14.9. The van der Waals surface area contributed by atoms with Crippen LogP contribution in [-0.4, -0.2) is 22.6 Å². The van der Waals surface area contributed by atoms with Crippen molar-refractivity contribution in [2.75, 3.05) is 6.61 Å². The summed E-state index contributed by atoms with van der Waals surface area (Å²) in [6.45, 7) is 1.97. The summed E-state index contributed by atoms with van der Waals surface area (Å²) in [6.07, 6.45) is 0. The number of halogens is 1. The summed E-state index contributed by atoms with van der Waals surface area (Å²) in [7, 11) is 0. The molecule has 0 bridgehead atoms. The van der Waals surface area contributed by atoms with Crippen LogP contribution in [0.5, 0.6) is 5.75 Å². The molecule has 110 valence electrons. The third kappa shape index (κ3) is 3.00. The van der Waals surface area contributed by atoms with Gasteiger partial charge in [-0.15, -0.1) is 11.3 Å². The highest BCUT2D eigenvalue weighted by Gasteiger charge is 2.20. The Labute approximate surface area is 122 Å². The predicted molar refractivity (Wildman–Crippen MR) is 74.5 cm³/mol. The lowest BCUT2D eigenvalue weighted by atomic mass is 10.1. The number of ether oxygens (including phenoxy) is 1. The molecule has 0 radical (unpaired) electrons. The Morgan fingerprint density at radius 3 is 2.71 bits per heavy atom. The fraction of sp³-hybridized carbons (Fsp3) is 0.154. The molecule has 0 saturated heterocycles. The minimum atomic E-state index is -1.37. The molecule has 1 aromatic carbocycles. The number of nitro groups is 1.